The van der Waals surface area contributed by atoms with Gasteiger partial charge >= 0.3 is 6.18 Å². The van der Waals surface area contributed by atoms with Gasteiger partial charge in [-0.1, -0.05) is 47.9 Å². The minimum Gasteiger partial charge on any atom is -0.573 e. The van der Waals surface area contributed by atoms with E-state index >= 15 is 0 Å². The average molecular weight is 639 g/mol. The van der Waals surface area contributed by atoms with Gasteiger partial charge in [-0.2, -0.15) is 13.2 Å². The Hall–Kier alpha value is -3.62. The first-order chi connectivity index (χ1) is 15.9. The summed E-state index contributed by atoms with van der Waals surface area (Å²) in [6, 6.07) is 20.9. The molecule has 0 N–H and O–H groups in total. The molecule has 0 spiro atoms. The topological polar surface area (TPSA) is 70.6 Å². The molecule has 5 rings (SSSR count). The van der Waals surface area contributed by atoms with Crippen LogP contribution in [0.4, 0.5) is 13.2 Å². The summed E-state index contributed by atoms with van der Waals surface area (Å²) in [6.07, 6.45) is 2.54. The molecule has 0 unspecified atom stereocenters. The largest absolute Gasteiger partial charge is 0.573 e. The van der Waals surface area contributed by atoms with E-state index in [-0.39, 0.29) is 25.8 Å². The second kappa shape index (κ2) is 11.0. The SMILES string of the molecule is Cc1cn(-c2ccccc2)c(-c2[c-]ccnc2)n1.FC(F)(F)c1cc(-c2ccccn2)[n-]n1.[Ir]. The summed E-state index contributed by atoms with van der Waals surface area (Å²) in [4.78, 5) is 12.5. The van der Waals surface area contributed by atoms with Crippen LogP contribution in [0.5, 0.6) is 0 Å². The molecule has 0 aliphatic carbocycles. The summed E-state index contributed by atoms with van der Waals surface area (Å²) < 4.78 is 38.6. The number of rotatable bonds is 3. The van der Waals surface area contributed by atoms with E-state index in [2.05, 4.69) is 47.9 Å². The van der Waals surface area contributed by atoms with Crippen molar-refractivity contribution in [2.45, 2.75) is 13.1 Å². The molecule has 6 nitrogen and oxygen atoms in total. The van der Waals surface area contributed by atoms with Crippen LogP contribution in [0, 0.1) is 13.0 Å². The number of nitrogens with zero attached hydrogens (tertiary/aromatic N) is 6. The van der Waals surface area contributed by atoms with Crippen LogP contribution in [0.2, 0.25) is 0 Å². The number of hydrogen-bond donors (Lipinski definition) is 0. The Morgan fingerprint density at radius 1 is 1.00 bits per heavy atom. The maximum absolute atomic E-state index is 12.2. The maximum atomic E-state index is 12.2. The van der Waals surface area contributed by atoms with E-state index in [1.54, 1.807) is 36.7 Å². The fourth-order valence-corrected chi connectivity index (χ4v) is 2.99. The minimum absolute atomic E-state index is 0. The van der Waals surface area contributed by atoms with Crippen LogP contribution in [0.25, 0.3) is 28.5 Å². The molecule has 5 aromatic rings. The van der Waals surface area contributed by atoms with Gasteiger partial charge in [0.1, 0.15) is 5.69 Å². The van der Waals surface area contributed by atoms with Crippen LogP contribution in [-0.4, -0.2) is 24.6 Å². The molecule has 0 amide bonds. The molecule has 1 radical (unpaired) electrons. The molecular weight excluding hydrogens is 622 g/mol. The molecular formula is C24H17F3IrN6-2. The molecule has 4 aromatic heterocycles. The summed E-state index contributed by atoms with van der Waals surface area (Å²) in [5.74, 6) is 0.867. The van der Waals surface area contributed by atoms with E-state index < -0.39 is 11.9 Å². The summed E-state index contributed by atoms with van der Waals surface area (Å²) in [6.45, 7) is 1.99. The Morgan fingerprint density at radius 3 is 2.38 bits per heavy atom. The summed E-state index contributed by atoms with van der Waals surface area (Å²) in [7, 11) is 0. The molecule has 0 fully saturated rings. The van der Waals surface area contributed by atoms with Crippen molar-refractivity contribution < 1.29 is 33.3 Å². The molecule has 4 heterocycles. The fourth-order valence-electron chi connectivity index (χ4n) is 2.99. The van der Waals surface area contributed by atoms with Crippen molar-refractivity contribution in [2.75, 3.05) is 0 Å². The van der Waals surface area contributed by atoms with Crippen molar-refractivity contribution in [3.63, 3.8) is 0 Å². The first kappa shape index (κ1) is 25.0. The van der Waals surface area contributed by atoms with E-state index in [0.717, 1.165) is 28.8 Å². The average Bonchev–Trinajstić information content (AvgIpc) is 3.49. The van der Waals surface area contributed by atoms with E-state index in [9.17, 15) is 13.2 Å². The Balaban J connectivity index is 0.000000188. The Kier molecular flexibility index (Phi) is 8.09. The van der Waals surface area contributed by atoms with Crippen molar-refractivity contribution in [1.82, 2.24) is 29.7 Å². The van der Waals surface area contributed by atoms with Gasteiger partial charge in [0.05, 0.1) is 5.82 Å². The quantitative estimate of drug-likeness (QED) is 0.256. The maximum Gasteiger partial charge on any atom is 0.431 e. The Labute approximate surface area is 207 Å². The zero-order valence-corrected chi connectivity index (χ0v) is 20.1. The number of imidazole rings is 1. The summed E-state index contributed by atoms with van der Waals surface area (Å²) in [5.41, 5.74) is 2.47. The number of pyridine rings is 2. The number of alkyl halides is 3. The monoisotopic (exact) mass is 639 g/mol. The molecule has 1 aromatic carbocycles. The van der Waals surface area contributed by atoms with E-state index in [0.29, 0.717) is 5.69 Å². The standard InChI is InChI=1S/C15H12N3.C9H5F3N3.Ir/c1-12-11-18(14-7-3-2-4-8-14)15(17-12)13-6-5-9-16-10-13;10-9(11,12)8-5-7(14-15-8)6-3-1-2-4-13-6;/h2-5,7-11H,1H3;1-5H;/q2*-1;. The third-order valence-corrected chi connectivity index (χ3v) is 4.46. The molecule has 0 atom stereocenters. The van der Waals surface area contributed by atoms with Crippen molar-refractivity contribution in [3.05, 3.63) is 103 Å². The van der Waals surface area contributed by atoms with Crippen molar-refractivity contribution in [2.24, 2.45) is 0 Å². The smallest absolute Gasteiger partial charge is 0.431 e. The third kappa shape index (κ3) is 6.03. The first-order valence-electron chi connectivity index (χ1n) is 9.84. The van der Waals surface area contributed by atoms with Crippen LogP contribution in [0.15, 0.2) is 85.5 Å². The van der Waals surface area contributed by atoms with Gasteiger partial charge in [0, 0.05) is 49.6 Å². The molecule has 0 aliphatic heterocycles. The van der Waals surface area contributed by atoms with Crippen LogP contribution in [0.1, 0.15) is 11.4 Å². The molecule has 34 heavy (non-hydrogen) atoms. The van der Waals surface area contributed by atoms with Crippen LogP contribution < -0.4 is 5.10 Å². The first-order valence-corrected chi connectivity index (χ1v) is 9.84. The molecule has 0 aliphatic rings. The number of hydrogen-bond acceptors (Lipinski definition) is 4. The minimum atomic E-state index is -4.46. The van der Waals surface area contributed by atoms with Crippen molar-refractivity contribution in [3.8, 4) is 28.5 Å². The molecule has 0 saturated heterocycles. The van der Waals surface area contributed by atoms with Gasteiger partial charge in [-0.3, -0.25) is 9.97 Å². The van der Waals surface area contributed by atoms with Gasteiger partial charge in [-0.05, 0) is 37.3 Å². The number of halogens is 3. The number of aromatic nitrogens is 6. The summed E-state index contributed by atoms with van der Waals surface area (Å²) in [5, 5.41) is 6.47. The fraction of sp³-hybridized carbons (Fsp3) is 0.0833. The number of benzene rings is 1. The predicted molar refractivity (Wildman–Crippen MR) is 116 cm³/mol. The van der Waals surface area contributed by atoms with Gasteiger partial charge in [-0.25, -0.2) is 0 Å². The van der Waals surface area contributed by atoms with E-state index in [1.165, 1.54) is 6.20 Å². The van der Waals surface area contributed by atoms with Gasteiger partial charge in [0.15, 0.2) is 0 Å². The van der Waals surface area contributed by atoms with Gasteiger partial charge in [-0.15, -0.1) is 12.1 Å². The Morgan fingerprint density at radius 2 is 1.76 bits per heavy atom. The zero-order valence-electron chi connectivity index (χ0n) is 17.7. The van der Waals surface area contributed by atoms with Gasteiger partial charge in [0.25, 0.3) is 0 Å². The van der Waals surface area contributed by atoms with E-state index in [4.69, 9.17) is 0 Å². The second-order valence-electron chi connectivity index (χ2n) is 6.89. The van der Waals surface area contributed by atoms with Crippen molar-refractivity contribution in [1.29, 1.82) is 0 Å². The molecule has 10 heteroatoms. The normalized spacial score (nSPS) is 10.7. The zero-order chi connectivity index (χ0) is 23.3. The summed E-state index contributed by atoms with van der Waals surface area (Å²) >= 11 is 0. The number of aryl methyl sites for hydroxylation is 1. The van der Waals surface area contributed by atoms with Crippen LogP contribution in [0.3, 0.4) is 0 Å². The van der Waals surface area contributed by atoms with Crippen LogP contribution >= 0.6 is 0 Å². The third-order valence-electron chi connectivity index (χ3n) is 4.46. The van der Waals surface area contributed by atoms with Gasteiger partial charge < -0.3 is 19.7 Å². The van der Waals surface area contributed by atoms with Crippen molar-refractivity contribution >= 4 is 0 Å². The van der Waals surface area contributed by atoms with Crippen LogP contribution in [-0.2, 0) is 26.3 Å². The molecule has 0 saturated carbocycles. The predicted octanol–water partition coefficient (Wildman–Crippen LogP) is 5.16. The van der Waals surface area contributed by atoms with E-state index in [1.807, 2.05) is 31.3 Å². The number of para-hydroxylation sites is 1. The van der Waals surface area contributed by atoms with Gasteiger partial charge in [0.2, 0.25) is 0 Å². The molecule has 0 bridgehead atoms. The second-order valence-corrected chi connectivity index (χ2v) is 6.89. The molecule has 175 valence electrons. The Bertz CT molecular complexity index is 1250.